The Bertz CT molecular complexity index is 480. The van der Waals surface area contributed by atoms with E-state index in [9.17, 15) is 18.4 Å². The molecular weight excluding hydrogens is 256 g/mol. The highest BCUT2D eigenvalue weighted by Crippen LogP contribution is 2.23. The summed E-state index contributed by atoms with van der Waals surface area (Å²) >= 11 is 0. The van der Waals surface area contributed by atoms with Gasteiger partial charge < -0.3 is 10.1 Å². The molecule has 1 amide bonds. The van der Waals surface area contributed by atoms with Crippen molar-refractivity contribution in [3.05, 3.63) is 42.0 Å². The van der Waals surface area contributed by atoms with Gasteiger partial charge in [-0.2, -0.15) is 0 Å². The maximum atomic E-state index is 13.5. The molecule has 0 aliphatic rings. The zero-order chi connectivity index (χ0) is 14.4. The van der Waals surface area contributed by atoms with Crippen LogP contribution in [0.1, 0.15) is 17.3 Å². The molecule has 0 aliphatic heterocycles. The normalized spacial score (nSPS) is 11.5. The number of carbonyl (C=O) groups is 2. The first-order chi connectivity index (χ1) is 8.99. The molecule has 1 aromatic rings. The van der Waals surface area contributed by atoms with Crippen LogP contribution in [0.15, 0.2) is 24.8 Å². The highest BCUT2D eigenvalue weighted by Gasteiger charge is 2.19. The Kier molecular flexibility index (Phi) is 5.17. The second kappa shape index (κ2) is 6.63. The molecule has 1 unspecified atom stereocenters. The minimum atomic E-state index is -1.08. The lowest BCUT2D eigenvalue weighted by Crippen LogP contribution is -2.36. The predicted octanol–water partition coefficient (Wildman–Crippen LogP) is 1.85. The van der Waals surface area contributed by atoms with Crippen molar-refractivity contribution in [2.45, 2.75) is 13.0 Å². The van der Waals surface area contributed by atoms with Crippen molar-refractivity contribution in [2.75, 3.05) is 6.54 Å². The third-order valence-electron chi connectivity index (χ3n) is 2.24. The first-order valence-corrected chi connectivity index (χ1v) is 5.49. The molecule has 0 saturated heterocycles. The fourth-order valence-electron chi connectivity index (χ4n) is 1.31. The Morgan fingerprint density at radius 1 is 1.47 bits per heavy atom. The van der Waals surface area contributed by atoms with E-state index in [0.717, 1.165) is 12.1 Å². The van der Waals surface area contributed by atoms with E-state index in [-0.39, 0.29) is 12.1 Å². The van der Waals surface area contributed by atoms with Crippen LogP contribution in [0.5, 0.6) is 5.75 Å². The largest absolute Gasteiger partial charge is 0.475 e. The molecule has 0 heterocycles. The van der Waals surface area contributed by atoms with E-state index in [1.165, 1.54) is 13.0 Å². The number of nitrogens with one attached hydrogen (secondary N) is 1. The fraction of sp³-hybridized carbons (Fsp3) is 0.231. The maximum Gasteiger partial charge on any atom is 0.261 e. The molecule has 102 valence electrons. The summed E-state index contributed by atoms with van der Waals surface area (Å²) in [5.74, 6) is -3.29. The van der Waals surface area contributed by atoms with Gasteiger partial charge in [0.05, 0.1) is 0 Å². The van der Waals surface area contributed by atoms with Gasteiger partial charge in [-0.15, -0.1) is 6.58 Å². The van der Waals surface area contributed by atoms with Gasteiger partial charge in [0.1, 0.15) is 6.29 Å². The summed E-state index contributed by atoms with van der Waals surface area (Å²) in [7, 11) is 0. The minimum Gasteiger partial charge on any atom is -0.475 e. The highest BCUT2D eigenvalue weighted by atomic mass is 19.1. The second-order valence-electron chi connectivity index (χ2n) is 3.73. The van der Waals surface area contributed by atoms with Crippen LogP contribution < -0.4 is 10.1 Å². The first kappa shape index (κ1) is 14.8. The van der Waals surface area contributed by atoms with Crippen LogP contribution >= 0.6 is 0 Å². The van der Waals surface area contributed by atoms with Gasteiger partial charge in [-0.3, -0.25) is 9.59 Å². The lowest BCUT2D eigenvalue weighted by molar-refractivity contribution is -0.127. The molecule has 19 heavy (non-hydrogen) atoms. The molecule has 0 aromatic heterocycles. The standard InChI is InChI=1S/C13H13F2NO3/c1-3-4-16-13(18)8(2)19-12-10(14)5-9(7-17)6-11(12)15/h3,5-8H,1,4H2,2H3,(H,16,18). The molecule has 0 saturated carbocycles. The van der Waals surface area contributed by atoms with Crippen molar-refractivity contribution >= 4 is 12.2 Å². The number of hydrogen-bond acceptors (Lipinski definition) is 3. The average molecular weight is 269 g/mol. The van der Waals surface area contributed by atoms with Gasteiger partial charge in [0.25, 0.3) is 5.91 Å². The van der Waals surface area contributed by atoms with Gasteiger partial charge in [0.15, 0.2) is 23.5 Å². The molecule has 1 rings (SSSR count). The first-order valence-electron chi connectivity index (χ1n) is 5.49. The summed E-state index contributed by atoms with van der Waals surface area (Å²) in [5, 5.41) is 2.43. The molecule has 0 bridgehead atoms. The highest BCUT2D eigenvalue weighted by molar-refractivity contribution is 5.81. The summed E-state index contributed by atoms with van der Waals surface area (Å²) in [6, 6.07) is 1.67. The van der Waals surface area contributed by atoms with E-state index in [1.807, 2.05) is 0 Å². The number of amides is 1. The fourth-order valence-corrected chi connectivity index (χ4v) is 1.31. The molecule has 1 aromatic carbocycles. The van der Waals surface area contributed by atoms with Gasteiger partial charge in [0.2, 0.25) is 0 Å². The van der Waals surface area contributed by atoms with Crippen LogP contribution in [0, 0.1) is 11.6 Å². The van der Waals surface area contributed by atoms with Crippen molar-refractivity contribution in [1.82, 2.24) is 5.32 Å². The SMILES string of the molecule is C=CCNC(=O)C(C)Oc1c(F)cc(C=O)cc1F. The van der Waals surface area contributed by atoms with Crippen molar-refractivity contribution in [1.29, 1.82) is 0 Å². The number of aldehydes is 1. The summed E-state index contributed by atoms with van der Waals surface area (Å²) in [6.07, 6.45) is 0.701. The van der Waals surface area contributed by atoms with Gasteiger partial charge >= 0.3 is 0 Å². The number of hydrogen-bond donors (Lipinski definition) is 1. The van der Waals surface area contributed by atoms with Gasteiger partial charge in [-0.1, -0.05) is 6.08 Å². The van der Waals surface area contributed by atoms with E-state index in [2.05, 4.69) is 11.9 Å². The average Bonchev–Trinajstić information content (AvgIpc) is 2.39. The summed E-state index contributed by atoms with van der Waals surface area (Å²) in [6.45, 7) is 4.99. The zero-order valence-electron chi connectivity index (χ0n) is 10.3. The lowest BCUT2D eigenvalue weighted by Gasteiger charge is -2.15. The van der Waals surface area contributed by atoms with Crippen LogP contribution in [-0.2, 0) is 4.79 Å². The Balaban J connectivity index is 2.84. The van der Waals surface area contributed by atoms with Crippen LogP contribution in [0.25, 0.3) is 0 Å². The number of rotatable bonds is 6. The molecule has 0 aliphatic carbocycles. The second-order valence-corrected chi connectivity index (χ2v) is 3.73. The van der Waals surface area contributed by atoms with Crippen molar-refractivity contribution in [3.8, 4) is 5.75 Å². The van der Waals surface area contributed by atoms with Crippen LogP contribution in [-0.4, -0.2) is 24.8 Å². The quantitative estimate of drug-likeness (QED) is 0.633. The smallest absolute Gasteiger partial charge is 0.261 e. The van der Waals surface area contributed by atoms with Gasteiger partial charge in [0, 0.05) is 12.1 Å². The Labute approximate surface area is 109 Å². The molecule has 1 N–H and O–H groups in total. The van der Waals surface area contributed by atoms with Crippen LogP contribution in [0.3, 0.4) is 0 Å². The van der Waals surface area contributed by atoms with Crippen molar-refractivity contribution in [3.63, 3.8) is 0 Å². The van der Waals surface area contributed by atoms with Crippen molar-refractivity contribution in [2.24, 2.45) is 0 Å². The van der Waals surface area contributed by atoms with Crippen LogP contribution in [0.2, 0.25) is 0 Å². The molecule has 4 nitrogen and oxygen atoms in total. The maximum absolute atomic E-state index is 13.5. The van der Waals surface area contributed by atoms with Crippen molar-refractivity contribution < 1.29 is 23.1 Å². The van der Waals surface area contributed by atoms with Gasteiger partial charge in [-0.25, -0.2) is 8.78 Å². The topological polar surface area (TPSA) is 55.4 Å². The number of carbonyl (C=O) groups excluding carboxylic acids is 2. The number of halogens is 2. The molecule has 6 heteroatoms. The Morgan fingerprint density at radius 3 is 2.53 bits per heavy atom. The molecule has 0 spiro atoms. The molecular formula is C13H13F2NO3. The van der Waals surface area contributed by atoms with E-state index >= 15 is 0 Å². The minimum absolute atomic E-state index is 0.147. The molecule has 0 fully saturated rings. The predicted molar refractivity (Wildman–Crippen MR) is 65.0 cm³/mol. The number of benzene rings is 1. The Hall–Kier alpha value is -2.24. The number of ether oxygens (including phenoxy) is 1. The van der Waals surface area contributed by atoms with E-state index < -0.39 is 29.4 Å². The summed E-state index contributed by atoms with van der Waals surface area (Å²) < 4.78 is 31.9. The summed E-state index contributed by atoms with van der Waals surface area (Å²) in [4.78, 5) is 21.9. The monoisotopic (exact) mass is 269 g/mol. The lowest BCUT2D eigenvalue weighted by atomic mass is 10.2. The van der Waals surface area contributed by atoms with E-state index in [1.54, 1.807) is 0 Å². The third-order valence-corrected chi connectivity index (χ3v) is 2.24. The van der Waals surface area contributed by atoms with Gasteiger partial charge in [-0.05, 0) is 19.1 Å². The van der Waals surface area contributed by atoms with Crippen LogP contribution in [0.4, 0.5) is 8.78 Å². The van der Waals surface area contributed by atoms with E-state index in [0.29, 0.717) is 6.29 Å². The third kappa shape index (κ3) is 3.87. The molecule has 1 atom stereocenters. The van der Waals surface area contributed by atoms with E-state index in [4.69, 9.17) is 4.74 Å². The molecule has 0 radical (unpaired) electrons. The zero-order valence-corrected chi connectivity index (χ0v) is 10.3. The summed E-state index contributed by atoms with van der Waals surface area (Å²) in [5.41, 5.74) is -0.147. The Morgan fingerprint density at radius 2 is 2.05 bits per heavy atom.